The SMILES string of the molecule is CN1c2ccc(Cl)cc2C(C)(C)C12C=Cc1cc(Cl)c3c(c1=N2)=CC=CO3. The molecule has 0 aliphatic carbocycles. The van der Waals surface area contributed by atoms with Gasteiger partial charge in [-0.25, -0.2) is 0 Å². The molecule has 3 aliphatic rings. The summed E-state index contributed by atoms with van der Waals surface area (Å²) < 4.78 is 5.67. The monoisotopic (exact) mass is 396 g/mol. The minimum Gasteiger partial charge on any atom is -0.463 e. The Kier molecular flexibility index (Phi) is 3.38. The van der Waals surface area contributed by atoms with E-state index in [2.05, 4.69) is 50.1 Å². The minimum absolute atomic E-state index is 0.270. The Hall–Kier alpha value is -2.23. The van der Waals surface area contributed by atoms with Gasteiger partial charge < -0.3 is 9.64 Å². The van der Waals surface area contributed by atoms with Crippen molar-refractivity contribution in [2.24, 2.45) is 4.99 Å². The number of nitrogens with zero attached hydrogens (tertiary/aromatic N) is 2. The van der Waals surface area contributed by atoms with E-state index in [1.54, 1.807) is 6.26 Å². The second-order valence-corrected chi connectivity index (χ2v) is 8.51. The van der Waals surface area contributed by atoms with Gasteiger partial charge in [-0.15, -0.1) is 0 Å². The summed E-state index contributed by atoms with van der Waals surface area (Å²) in [4.78, 5) is 7.54. The molecule has 0 amide bonds. The molecule has 3 aliphatic heterocycles. The van der Waals surface area contributed by atoms with Crippen LogP contribution in [0.15, 0.2) is 47.7 Å². The van der Waals surface area contributed by atoms with Gasteiger partial charge in [0, 0.05) is 34.0 Å². The van der Waals surface area contributed by atoms with E-state index < -0.39 is 5.66 Å². The van der Waals surface area contributed by atoms with Crippen LogP contribution in [0.4, 0.5) is 5.69 Å². The Morgan fingerprint density at radius 1 is 1.15 bits per heavy atom. The second-order valence-electron chi connectivity index (χ2n) is 7.67. The topological polar surface area (TPSA) is 24.8 Å². The molecular weight excluding hydrogens is 379 g/mol. The third-order valence-electron chi connectivity index (χ3n) is 6.00. The predicted octanol–water partition coefficient (Wildman–Crippen LogP) is 4.45. The van der Waals surface area contributed by atoms with Gasteiger partial charge in [0.05, 0.1) is 16.6 Å². The van der Waals surface area contributed by atoms with Gasteiger partial charge in [0.25, 0.3) is 0 Å². The molecule has 0 bridgehead atoms. The highest BCUT2D eigenvalue weighted by Crippen LogP contribution is 2.53. The number of fused-ring (bicyclic) bond motifs is 4. The third-order valence-corrected chi connectivity index (χ3v) is 6.52. The van der Waals surface area contributed by atoms with Gasteiger partial charge in [0.15, 0.2) is 11.4 Å². The highest BCUT2D eigenvalue weighted by atomic mass is 35.5. The maximum absolute atomic E-state index is 6.43. The molecule has 1 unspecified atom stereocenters. The fraction of sp³-hybridized carbons (Fsp3) is 0.227. The Labute approximate surface area is 167 Å². The van der Waals surface area contributed by atoms with E-state index in [0.29, 0.717) is 10.8 Å². The number of ether oxygens (including phenoxy) is 1. The number of likely N-dealkylation sites (N-methyl/N-ethyl adjacent to an activating group) is 1. The molecule has 27 heavy (non-hydrogen) atoms. The first-order chi connectivity index (χ1) is 12.8. The molecule has 3 nitrogen and oxygen atoms in total. The summed E-state index contributed by atoms with van der Waals surface area (Å²) in [5, 5.41) is 3.15. The summed E-state index contributed by atoms with van der Waals surface area (Å²) in [6.45, 7) is 4.43. The first-order valence-electron chi connectivity index (χ1n) is 8.84. The number of halogens is 2. The highest BCUT2D eigenvalue weighted by Gasteiger charge is 2.55. The van der Waals surface area contributed by atoms with Crippen molar-refractivity contribution >= 4 is 41.0 Å². The van der Waals surface area contributed by atoms with Crippen molar-refractivity contribution in [3.63, 3.8) is 0 Å². The zero-order valence-corrected chi connectivity index (χ0v) is 16.8. The summed E-state index contributed by atoms with van der Waals surface area (Å²) in [6.07, 6.45) is 9.81. The molecule has 0 fully saturated rings. The molecule has 5 heteroatoms. The average molecular weight is 397 g/mol. The standard InChI is InChI=1S/C22H18Cl2N2O/c1-21(2)16-12-14(23)6-7-18(16)26(3)22(21)9-8-13-11-17(24)20-15(19(13)25-22)5-4-10-27-20/h4-12H,1-3H3. The van der Waals surface area contributed by atoms with E-state index in [0.717, 1.165) is 26.8 Å². The molecule has 2 aromatic carbocycles. The summed E-state index contributed by atoms with van der Waals surface area (Å²) in [5.74, 6) is 0.658. The van der Waals surface area contributed by atoms with Crippen LogP contribution in [0.25, 0.3) is 12.2 Å². The van der Waals surface area contributed by atoms with Crippen molar-refractivity contribution in [2.45, 2.75) is 24.9 Å². The number of rotatable bonds is 0. The highest BCUT2D eigenvalue weighted by molar-refractivity contribution is 6.32. The fourth-order valence-corrected chi connectivity index (χ4v) is 4.92. The van der Waals surface area contributed by atoms with E-state index in [-0.39, 0.29) is 5.41 Å². The maximum atomic E-state index is 6.43. The lowest BCUT2D eigenvalue weighted by molar-refractivity contribution is 0.338. The molecule has 0 saturated carbocycles. The van der Waals surface area contributed by atoms with E-state index in [4.69, 9.17) is 32.9 Å². The summed E-state index contributed by atoms with van der Waals surface area (Å²) in [5.41, 5.74) is 2.51. The Bertz CT molecular complexity index is 1180. The van der Waals surface area contributed by atoms with Crippen LogP contribution >= 0.6 is 23.2 Å². The lowest BCUT2D eigenvalue weighted by atomic mass is 9.75. The van der Waals surface area contributed by atoms with E-state index >= 15 is 0 Å². The van der Waals surface area contributed by atoms with Gasteiger partial charge in [-0.3, -0.25) is 4.99 Å². The van der Waals surface area contributed by atoms with Crippen molar-refractivity contribution < 1.29 is 4.74 Å². The van der Waals surface area contributed by atoms with Gasteiger partial charge >= 0.3 is 0 Å². The van der Waals surface area contributed by atoms with Crippen molar-refractivity contribution in [2.75, 3.05) is 11.9 Å². The van der Waals surface area contributed by atoms with Gasteiger partial charge in [-0.05, 0) is 48.1 Å². The number of anilines is 1. The van der Waals surface area contributed by atoms with Crippen molar-refractivity contribution in [3.05, 3.63) is 74.4 Å². The van der Waals surface area contributed by atoms with Crippen molar-refractivity contribution in [3.8, 4) is 5.75 Å². The van der Waals surface area contributed by atoms with Crippen LogP contribution in [-0.2, 0) is 5.41 Å². The largest absolute Gasteiger partial charge is 0.463 e. The van der Waals surface area contributed by atoms with Crippen LogP contribution < -0.4 is 20.2 Å². The quantitative estimate of drug-likeness (QED) is 0.656. The summed E-state index contributed by atoms with van der Waals surface area (Å²) >= 11 is 12.7. The number of hydrogen-bond donors (Lipinski definition) is 0. The molecule has 1 atom stereocenters. The lowest BCUT2D eigenvalue weighted by Gasteiger charge is -2.42. The Morgan fingerprint density at radius 3 is 2.78 bits per heavy atom. The normalized spacial score (nSPS) is 23.2. The first kappa shape index (κ1) is 16.9. The van der Waals surface area contributed by atoms with Crippen LogP contribution in [-0.4, -0.2) is 12.7 Å². The van der Waals surface area contributed by atoms with E-state index in [9.17, 15) is 0 Å². The van der Waals surface area contributed by atoms with Gasteiger partial charge in [0.1, 0.15) is 0 Å². The Balaban J connectivity index is 1.85. The molecule has 136 valence electrons. The van der Waals surface area contributed by atoms with Crippen LogP contribution in [0.2, 0.25) is 10.0 Å². The second kappa shape index (κ2) is 5.40. The van der Waals surface area contributed by atoms with Crippen molar-refractivity contribution in [1.29, 1.82) is 0 Å². The van der Waals surface area contributed by atoms with E-state index in [1.165, 1.54) is 5.56 Å². The maximum Gasteiger partial charge on any atom is 0.161 e. The summed E-state index contributed by atoms with van der Waals surface area (Å²) in [7, 11) is 2.09. The molecular formula is C22H18Cl2N2O. The Morgan fingerprint density at radius 2 is 1.96 bits per heavy atom. The number of allylic oxidation sites excluding steroid dienone is 1. The van der Waals surface area contributed by atoms with Crippen LogP contribution in [0, 0.1) is 0 Å². The molecule has 0 saturated heterocycles. The predicted molar refractivity (Wildman–Crippen MR) is 111 cm³/mol. The minimum atomic E-state index is -0.552. The van der Waals surface area contributed by atoms with Crippen LogP contribution in [0.1, 0.15) is 25.0 Å². The lowest BCUT2D eigenvalue weighted by Crippen LogP contribution is -2.55. The van der Waals surface area contributed by atoms with Crippen LogP contribution in [0.5, 0.6) is 5.75 Å². The van der Waals surface area contributed by atoms with Crippen molar-refractivity contribution in [1.82, 2.24) is 0 Å². The summed E-state index contributed by atoms with van der Waals surface area (Å²) in [6, 6.07) is 7.97. The third kappa shape index (κ3) is 2.07. The number of benzene rings is 2. The number of hydrogen-bond acceptors (Lipinski definition) is 3. The molecule has 3 heterocycles. The fourth-order valence-electron chi connectivity index (χ4n) is 4.48. The molecule has 0 aromatic heterocycles. The molecule has 0 N–H and O–H groups in total. The average Bonchev–Trinajstić information content (AvgIpc) is 2.81. The zero-order valence-electron chi connectivity index (χ0n) is 15.3. The molecule has 0 radical (unpaired) electrons. The van der Waals surface area contributed by atoms with Gasteiger partial charge in [0.2, 0.25) is 0 Å². The van der Waals surface area contributed by atoms with Gasteiger partial charge in [-0.1, -0.05) is 43.1 Å². The molecule has 5 rings (SSSR count). The first-order valence-corrected chi connectivity index (χ1v) is 9.60. The zero-order chi connectivity index (χ0) is 19.0. The molecule has 2 aromatic rings. The smallest absolute Gasteiger partial charge is 0.161 e. The van der Waals surface area contributed by atoms with Gasteiger partial charge in [-0.2, -0.15) is 0 Å². The van der Waals surface area contributed by atoms with Crippen LogP contribution in [0.3, 0.4) is 0 Å². The molecule has 1 spiro atoms. The van der Waals surface area contributed by atoms with E-state index in [1.807, 2.05) is 24.3 Å².